The number of anilines is 1. The van der Waals surface area contributed by atoms with Crippen molar-refractivity contribution in [2.24, 2.45) is 22.7 Å². The van der Waals surface area contributed by atoms with Crippen molar-refractivity contribution in [3.05, 3.63) is 41.1 Å². The van der Waals surface area contributed by atoms with E-state index < -0.39 is 75.0 Å². The maximum absolute atomic E-state index is 13.0. The first-order valence-corrected chi connectivity index (χ1v) is 16.4. The number of allylic oxidation sites excluding steroid dienone is 2. The van der Waals surface area contributed by atoms with E-state index in [4.69, 9.17) is 9.73 Å². The van der Waals surface area contributed by atoms with Crippen LogP contribution in [0, 0.1) is 17.8 Å². The van der Waals surface area contributed by atoms with E-state index in [1.54, 1.807) is 24.3 Å². The fraction of sp³-hybridized carbons (Fsp3) is 0.559. The fourth-order valence-electron chi connectivity index (χ4n) is 6.52. The van der Waals surface area contributed by atoms with Crippen LogP contribution in [-0.4, -0.2) is 128 Å². The number of nitrogens with zero attached hydrogens (tertiary/aromatic N) is 4. The maximum atomic E-state index is 13.0. The van der Waals surface area contributed by atoms with Gasteiger partial charge in [-0.05, 0) is 43.9 Å². The maximum Gasteiger partial charge on any atom is 0.321 e. The predicted octanol–water partition coefficient (Wildman–Crippen LogP) is 2.06. The van der Waals surface area contributed by atoms with Crippen LogP contribution in [0.2, 0.25) is 0 Å². The Morgan fingerprint density at radius 2 is 1.50 bits per heavy atom. The Hall–Kier alpha value is -4.67. The number of rotatable bonds is 18. The minimum absolute atomic E-state index is 0.0237. The summed E-state index contributed by atoms with van der Waals surface area (Å²) in [4.78, 5) is 80.5. The van der Waals surface area contributed by atoms with E-state index in [9.17, 15) is 49.2 Å². The summed E-state index contributed by atoms with van der Waals surface area (Å²) >= 11 is 0. The molecule has 2 aliphatic heterocycles. The minimum atomic E-state index is -1.36. The highest BCUT2D eigenvalue weighted by Gasteiger charge is 2.39. The molecule has 1 amide bonds. The van der Waals surface area contributed by atoms with Gasteiger partial charge in [0.05, 0.1) is 32.3 Å². The highest BCUT2D eigenvalue weighted by Crippen LogP contribution is 2.38. The number of esters is 1. The van der Waals surface area contributed by atoms with Crippen molar-refractivity contribution in [2.45, 2.75) is 66.3 Å². The molecule has 1 fully saturated rings. The second-order valence-corrected chi connectivity index (χ2v) is 13.2. The Balaban J connectivity index is 1.78. The molecule has 3 rings (SSSR count). The first-order chi connectivity index (χ1) is 23.4. The van der Waals surface area contributed by atoms with Gasteiger partial charge in [-0.25, -0.2) is 4.90 Å². The molecule has 0 aliphatic carbocycles. The molecule has 50 heavy (non-hydrogen) atoms. The van der Waals surface area contributed by atoms with Crippen molar-refractivity contribution >= 4 is 47.2 Å². The summed E-state index contributed by atoms with van der Waals surface area (Å²) in [7, 11) is 0. The highest BCUT2D eigenvalue weighted by molar-refractivity contribution is 5.93. The third-order valence-corrected chi connectivity index (χ3v) is 8.71. The molecule has 0 bridgehead atoms. The van der Waals surface area contributed by atoms with E-state index in [1.807, 2.05) is 13.8 Å². The summed E-state index contributed by atoms with van der Waals surface area (Å²) in [5, 5.41) is 40.7. The Morgan fingerprint density at radius 1 is 0.940 bits per heavy atom. The Labute approximate surface area is 290 Å². The summed E-state index contributed by atoms with van der Waals surface area (Å²) in [6.07, 6.45) is -1.39. The van der Waals surface area contributed by atoms with Gasteiger partial charge in [-0.15, -0.1) is 0 Å². The van der Waals surface area contributed by atoms with E-state index in [1.165, 1.54) is 4.90 Å². The number of hydrogen-bond donors (Lipinski definition) is 5. The Bertz CT molecular complexity index is 1470. The third kappa shape index (κ3) is 11.5. The van der Waals surface area contributed by atoms with E-state index in [0.717, 1.165) is 26.8 Å². The number of carbonyl (C=O) groups is 6. The van der Waals surface area contributed by atoms with Crippen LogP contribution in [0.1, 0.15) is 53.0 Å². The summed E-state index contributed by atoms with van der Waals surface area (Å²) < 4.78 is 5.29. The number of aliphatic imine (C=N–C) groups is 1. The number of ether oxygens (including phenoxy) is 1. The lowest BCUT2D eigenvalue weighted by Crippen LogP contribution is -2.62. The quantitative estimate of drug-likeness (QED) is 0.138. The van der Waals surface area contributed by atoms with Crippen molar-refractivity contribution in [3.63, 3.8) is 0 Å². The van der Waals surface area contributed by atoms with Gasteiger partial charge in [0, 0.05) is 41.8 Å². The largest absolute Gasteiger partial charge is 0.480 e. The van der Waals surface area contributed by atoms with E-state index in [2.05, 4.69) is 26.1 Å². The lowest BCUT2D eigenvalue weighted by atomic mass is 9.83. The van der Waals surface area contributed by atoms with Gasteiger partial charge >= 0.3 is 29.8 Å². The van der Waals surface area contributed by atoms with Gasteiger partial charge in [0.25, 0.3) is 0 Å². The third-order valence-electron chi connectivity index (χ3n) is 8.71. The van der Waals surface area contributed by atoms with Crippen molar-refractivity contribution in [3.8, 4) is 0 Å². The number of hydrogen-bond acceptors (Lipinski definition) is 11. The van der Waals surface area contributed by atoms with Crippen LogP contribution in [-0.2, 0) is 39.9 Å². The molecule has 16 heteroatoms. The van der Waals surface area contributed by atoms with E-state index >= 15 is 0 Å². The molecule has 2 aliphatic rings. The van der Waals surface area contributed by atoms with Gasteiger partial charge in [-0.3, -0.25) is 43.6 Å². The second kappa shape index (κ2) is 17.8. The number of morpholine rings is 1. The average molecular weight is 702 g/mol. The number of benzene rings is 1. The van der Waals surface area contributed by atoms with Crippen LogP contribution in [0.5, 0.6) is 0 Å². The molecule has 0 radical (unpaired) electrons. The molecule has 0 spiro atoms. The predicted molar refractivity (Wildman–Crippen MR) is 180 cm³/mol. The Kier molecular flexibility index (Phi) is 14.2. The number of nitrogens with one attached hydrogen (secondary N) is 1. The number of cyclic esters (lactones) is 1. The van der Waals surface area contributed by atoms with Gasteiger partial charge in [0.15, 0.2) is 6.23 Å². The monoisotopic (exact) mass is 701 g/mol. The molecule has 4 atom stereocenters. The van der Waals surface area contributed by atoms with Gasteiger partial charge in [-0.1, -0.05) is 38.5 Å². The molecule has 1 aromatic rings. The molecule has 5 N–H and O–H groups in total. The summed E-state index contributed by atoms with van der Waals surface area (Å²) in [6.45, 7) is 6.90. The zero-order chi connectivity index (χ0) is 37.3. The normalized spacial score (nSPS) is 20.1. The summed E-state index contributed by atoms with van der Waals surface area (Å²) in [5.74, 6) is -5.67. The van der Waals surface area contributed by atoms with Crippen LogP contribution >= 0.6 is 0 Å². The average Bonchev–Trinajstić information content (AvgIpc) is 3.34. The van der Waals surface area contributed by atoms with E-state index in [-0.39, 0.29) is 37.1 Å². The van der Waals surface area contributed by atoms with Crippen LogP contribution in [0.4, 0.5) is 5.69 Å². The zero-order valence-electron chi connectivity index (χ0n) is 29.0. The summed E-state index contributed by atoms with van der Waals surface area (Å²) in [6, 6.07) is 6.70. The number of carboxylic acids is 4. The zero-order valence-corrected chi connectivity index (χ0v) is 29.0. The number of carboxylic acid groups (broad SMARTS) is 4. The van der Waals surface area contributed by atoms with Crippen molar-refractivity contribution in [2.75, 3.05) is 44.6 Å². The smallest absolute Gasteiger partial charge is 0.321 e. The van der Waals surface area contributed by atoms with Crippen LogP contribution in [0.15, 0.2) is 40.5 Å². The number of carbonyl (C=O) groups excluding carboxylic acids is 2. The molecular formula is C34H47N5O11. The van der Waals surface area contributed by atoms with Crippen molar-refractivity contribution in [1.29, 1.82) is 0 Å². The minimum Gasteiger partial charge on any atom is -0.480 e. The first kappa shape index (κ1) is 39.8. The highest BCUT2D eigenvalue weighted by atomic mass is 16.6. The van der Waals surface area contributed by atoms with Gasteiger partial charge in [0.2, 0.25) is 5.91 Å². The SMILES string of the molecule is CC(C)=C1N=C(C(C)C)[C@@H](C)[C@@H]1CCC(=O)Nc1ccc(CC(N(CC(=O)O)CC(=O)O)N2CC(=O)OC(N(CC(=O)O)CC(=O)O)C2)cc1. The number of amides is 1. The Morgan fingerprint density at radius 3 is 2.00 bits per heavy atom. The summed E-state index contributed by atoms with van der Waals surface area (Å²) in [5.41, 5.74) is 4.44. The molecule has 1 saturated heterocycles. The molecule has 1 aromatic carbocycles. The first-order valence-electron chi connectivity index (χ1n) is 16.4. The van der Waals surface area contributed by atoms with Crippen molar-refractivity contribution in [1.82, 2.24) is 14.7 Å². The van der Waals surface area contributed by atoms with Crippen molar-refractivity contribution < 1.29 is 53.9 Å². The molecule has 2 unspecified atom stereocenters. The fourth-order valence-corrected chi connectivity index (χ4v) is 6.52. The van der Waals surface area contributed by atoms with Gasteiger partial charge in [-0.2, -0.15) is 0 Å². The van der Waals surface area contributed by atoms with Gasteiger partial charge < -0.3 is 30.5 Å². The van der Waals surface area contributed by atoms with Crippen LogP contribution in [0.25, 0.3) is 0 Å². The van der Waals surface area contributed by atoms with Crippen LogP contribution < -0.4 is 5.32 Å². The lowest BCUT2D eigenvalue weighted by Gasteiger charge is -2.43. The standard InChI is InChI=1S/C34H47N5O11/c1-19(2)33-21(5)24(34(36-33)20(3)4)10-11-25(40)35-23-8-6-22(7-9-23)12-26(38(14-28(41)42)15-29(43)44)37-13-27(50-32(49)18-37)39(16-30(45)46)17-31(47)48/h6-9,19,21,24,26-27H,10-18H2,1-5H3,(H,35,40)(H,41,42)(H,43,44)(H,45,46)(H,47,48)/t21-,24-,26?,27?/m0/s1. The van der Waals surface area contributed by atoms with Crippen LogP contribution in [0.3, 0.4) is 0 Å². The number of aliphatic carboxylic acids is 4. The molecule has 2 heterocycles. The van der Waals surface area contributed by atoms with Gasteiger partial charge in [0.1, 0.15) is 13.1 Å². The van der Waals surface area contributed by atoms with E-state index in [0.29, 0.717) is 23.6 Å². The lowest BCUT2D eigenvalue weighted by molar-refractivity contribution is -0.184. The molecule has 274 valence electrons. The molecule has 0 saturated carbocycles. The molecule has 16 nitrogen and oxygen atoms in total. The molecule has 0 aromatic heterocycles. The second-order valence-electron chi connectivity index (χ2n) is 13.2. The molecular weight excluding hydrogens is 654 g/mol. The topological polar surface area (TPSA) is 227 Å².